The number of phenols is 1. The molecule has 2 rings (SSSR count). The molecule has 0 saturated carbocycles. The normalized spacial score (nSPS) is 10.8. The topological polar surface area (TPSA) is 20.2 Å². The smallest absolute Gasteiger partial charge is 0.137 e. The summed E-state index contributed by atoms with van der Waals surface area (Å²) >= 11 is 6.10. The molecule has 0 atom stereocenters. The van der Waals surface area contributed by atoms with Gasteiger partial charge in [-0.25, -0.2) is 0 Å². The summed E-state index contributed by atoms with van der Waals surface area (Å²) in [7, 11) is 0. The van der Waals surface area contributed by atoms with Crippen molar-refractivity contribution in [3.63, 3.8) is 0 Å². The van der Waals surface area contributed by atoms with Crippen molar-refractivity contribution in [2.75, 3.05) is 0 Å². The molecule has 1 heterocycles. The quantitative estimate of drug-likeness (QED) is 0.665. The standard InChI is InChI=1S/C8H4I2OS/c9-5-1-2-6-4(8(5)11)3-7(10)12-6/h1-3,11H. The minimum atomic E-state index is 0.410. The van der Waals surface area contributed by atoms with E-state index in [-0.39, 0.29) is 0 Å². The summed E-state index contributed by atoms with van der Waals surface area (Å²) in [6.07, 6.45) is 0. The van der Waals surface area contributed by atoms with Gasteiger partial charge in [0.1, 0.15) is 5.75 Å². The van der Waals surface area contributed by atoms with E-state index in [9.17, 15) is 5.11 Å². The number of rotatable bonds is 0. The first-order valence-electron chi connectivity index (χ1n) is 3.25. The van der Waals surface area contributed by atoms with Gasteiger partial charge in [-0.1, -0.05) is 0 Å². The predicted octanol–water partition coefficient (Wildman–Crippen LogP) is 3.82. The molecule has 62 valence electrons. The molecule has 0 unspecified atom stereocenters. The lowest BCUT2D eigenvalue weighted by Crippen LogP contribution is -1.72. The Morgan fingerprint density at radius 3 is 2.75 bits per heavy atom. The zero-order valence-corrected chi connectivity index (χ0v) is 11.0. The van der Waals surface area contributed by atoms with Gasteiger partial charge in [-0.3, -0.25) is 0 Å². The third kappa shape index (κ3) is 1.44. The maximum Gasteiger partial charge on any atom is 0.137 e. The molecular formula is C8H4I2OS. The highest BCUT2D eigenvalue weighted by atomic mass is 127. The van der Waals surface area contributed by atoms with Gasteiger partial charge >= 0.3 is 0 Å². The lowest BCUT2D eigenvalue weighted by molar-refractivity contribution is 0.478. The summed E-state index contributed by atoms with van der Waals surface area (Å²) in [5, 5.41) is 10.6. The molecule has 0 spiro atoms. The van der Waals surface area contributed by atoms with Crippen LogP contribution in [0.15, 0.2) is 18.2 Å². The van der Waals surface area contributed by atoms with Crippen LogP contribution in [0.5, 0.6) is 5.75 Å². The van der Waals surface area contributed by atoms with Gasteiger partial charge in [0, 0.05) is 10.1 Å². The van der Waals surface area contributed by atoms with Gasteiger partial charge in [0.05, 0.1) is 6.45 Å². The molecule has 1 aromatic carbocycles. The second-order valence-electron chi connectivity index (χ2n) is 2.36. The molecule has 0 radical (unpaired) electrons. The van der Waals surface area contributed by atoms with Crippen LogP contribution in [-0.2, 0) is 0 Å². The van der Waals surface area contributed by atoms with E-state index in [1.807, 2.05) is 18.2 Å². The number of hydrogen-bond acceptors (Lipinski definition) is 2. The van der Waals surface area contributed by atoms with Gasteiger partial charge in [-0.05, 0) is 63.4 Å². The van der Waals surface area contributed by atoms with Crippen LogP contribution in [0.3, 0.4) is 0 Å². The molecule has 1 aromatic heterocycles. The number of benzene rings is 1. The average molecular weight is 402 g/mol. The van der Waals surface area contributed by atoms with Crippen LogP contribution in [0.2, 0.25) is 0 Å². The molecule has 0 saturated heterocycles. The summed E-state index contributed by atoms with van der Waals surface area (Å²) < 4.78 is 3.27. The zero-order valence-electron chi connectivity index (χ0n) is 5.84. The van der Waals surface area contributed by atoms with Gasteiger partial charge in [0.2, 0.25) is 0 Å². The fraction of sp³-hybridized carbons (Fsp3) is 0. The lowest BCUT2D eigenvalue weighted by atomic mass is 10.2. The lowest BCUT2D eigenvalue weighted by Gasteiger charge is -1.96. The Labute approximate surface area is 101 Å². The SMILES string of the molecule is Oc1c(I)ccc2sc(I)cc12. The van der Waals surface area contributed by atoms with Gasteiger partial charge in [0.25, 0.3) is 0 Å². The number of fused-ring (bicyclic) bond motifs is 1. The number of aromatic hydroxyl groups is 1. The highest BCUT2D eigenvalue weighted by Crippen LogP contribution is 2.35. The first-order chi connectivity index (χ1) is 5.68. The molecule has 0 aliphatic carbocycles. The van der Waals surface area contributed by atoms with Crippen LogP contribution in [-0.4, -0.2) is 5.11 Å². The van der Waals surface area contributed by atoms with Crippen molar-refractivity contribution in [3.05, 3.63) is 24.7 Å². The maximum atomic E-state index is 9.67. The van der Waals surface area contributed by atoms with E-state index in [2.05, 4.69) is 45.2 Å². The molecule has 12 heavy (non-hydrogen) atoms. The van der Waals surface area contributed by atoms with E-state index in [4.69, 9.17) is 0 Å². The first-order valence-corrected chi connectivity index (χ1v) is 6.22. The van der Waals surface area contributed by atoms with Crippen molar-refractivity contribution in [3.8, 4) is 5.75 Å². The highest BCUT2D eigenvalue weighted by molar-refractivity contribution is 14.1. The number of thiophene rings is 1. The van der Waals surface area contributed by atoms with E-state index in [1.165, 1.54) is 2.88 Å². The minimum Gasteiger partial charge on any atom is -0.506 e. The number of halogens is 2. The fourth-order valence-electron chi connectivity index (χ4n) is 1.04. The Kier molecular flexibility index (Phi) is 2.48. The zero-order chi connectivity index (χ0) is 8.72. The van der Waals surface area contributed by atoms with Gasteiger partial charge in [-0.15, -0.1) is 11.3 Å². The number of phenolic OH excluding ortho intramolecular Hbond substituents is 1. The molecule has 0 amide bonds. The van der Waals surface area contributed by atoms with Crippen LogP contribution in [0, 0.1) is 6.45 Å². The third-order valence-corrected chi connectivity index (χ3v) is 4.32. The van der Waals surface area contributed by atoms with Crippen LogP contribution >= 0.6 is 56.5 Å². The van der Waals surface area contributed by atoms with E-state index in [1.54, 1.807) is 11.3 Å². The number of hydrogen-bond donors (Lipinski definition) is 1. The third-order valence-electron chi connectivity index (χ3n) is 1.59. The molecule has 0 fully saturated rings. The Bertz CT molecular complexity index is 436. The predicted molar refractivity (Wildman–Crippen MR) is 68.9 cm³/mol. The van der Waals surface area contributed by atoms with Crippen molar-refractivity contribution in [1.29, 1.82) is 0 Å². The van der Waals surface area contributed by atoms with Crippen molar-refractivity contribution in [2.45, 2.75) is 0 Å². The van der Waals surface area contributed by atoms with E-state index in [0.717, 1.165) is 13.7 Å². The van der Waals surface area contributed by atoms with Crippen LogP contribution in [0.4, 0.5) is 0 Å². The van der Waals surface area contributed by atoms with Crippen molar-refractivity contribution < 1.29 is 5.11 Å². The molecule has 0 aliphatic rings. The van der Waals surface area contributed by atoms with Gasteiger partial charge in [0.15, 0.2) is 0 Å². The van der Waals surface area contributed by atoms with Gasteiger partial charge < -0.3 is 5.11 Å². The summed E-state index contributed by atoms with van der Waals surface area (Å²) in [5.41, 5.74) is 0. The second-order valence-corrected chi connectivity index (χ2v) is 6.50. The summed E-state index contributed by atoms with van der Waals surface area (Å²) in [6, 6.07) is 5.99. The second kappa shape index (κ2) is 3.30. The van der Waals surface area contributed by atoms with Crippen molar-refractivity contribution >= 4 is 66.6 Å². The summed E-state index contributed by atoms with van der Waals surface area (Å²) in [6.45, 7) is 0. The Morgan fingerprint density at radius 2 is 2.00 bits per heavy atom. The van der Waals surface area contributed by atoms with Crippen LogP contribution in [0.1, 0.15) is 0 Å². The van der Waals surface area contributed by atoms with E-state index < -0.39 is 0 Å². The highest BCUT2D eigenvalue weighted by Gasteiger charge is 2.06. The van der Waals surface area contributed by atoms with Gasteiger partial charge in [-0.2, -0.15) is 0 Å². The van der Waals surface area contributed by atoms with Crippen LogP contribution in [0.25, 0.3) is 10.1 Å². The summed E-state index contributed by atoms with van der Waals surface area (Å²) in [4.78, 5) is 0. The van der Waals surface area contributed by atoms with E-state index >= 15 is 0 Å². The molecule has 2 aromatic rings. The largest absolute Gasteiger partial charge is 0.506 e. The molecule has 0 bridgehead atoms. The molecular weight excluding hydrogens is 398 g/mol. The molecule has 4 heteroatoms. The van der Waals surface area contributed by atoms with Crippen LogP contribution < -0.4 is 0 Å². The minimum absolute atomic E-state index is 0.410. The average Bonchev–Trinajstić information content (AvgIpc) is 2.39. The first kappa shape index (κ1) is 9.01. The molecule has 1 N–H and O–H groups in total. The monoisotopic (exact) mass is 402 g/mol. The Morgan fingerprint density at radius 1 is 1.25 bits per heavy atom. The van der Waals surface area contributed by atoms with Crippen molar-refractivity contribution in [2.24, 2.45) is 0 Å². The van der Waals surface area contributed by atoms with Crippen molar-refractivity contribution in [1.82, 2.24) is 0 Å². The fourth-order valence-corrected chi connectivity index (χ4v) is 3.32. The Hall–Kier alpha value is 0.440. The maximum absolute atomic E-state index is 9.67. The molecule has 1 nitrogen and oxygen atoms in total. The van der Waals surface area contributed by atoms with E-state index in [0.29, 0.717) is 5.75 Å². The molecule has 0 aliphatic heterocycles. The Balaban J connectivity index is 2.89. The summed E-state index contributed by atoms with van der Waals surface area (Å²) in [5.74, 6) is 0.410.